The van der Waals surface area contributed by atoms with Gasteiger partial charge in [0.05, 0.1) is 5.02 Å². The lowest BCUT2D eigenvalue weighted by Gasteiger charge is -2.31. The molecule has 106 valence electrons. The third-order valence-electron chi connectivity index (χ3n) is 3.07. The average molecular weight is 325 g/mol. The molecule has 0 atom stereocenters. The first-order valence-corrected chi connectivity index (χ1v) is 7.88. The minimum atomic E-state index is -3.77. The van der Waals surface area contributed by atoms with Gasteiger partial charge in [-0.2, -0.15) is 4.31 Å². The number of aromatic hydroxyl groups is 1. The molecule has 5 nitrogen and oxygen atoms in total. The van der Waals surface area contributed by atoms with Crippen LogP contribution in [0.15, 0.2) is 17.0 Å². The fraction of sp³-hybridized carbons (Fsp3) is 0.455. The predicted octanol–water partition coefficient (Wildman–Crippen LogP) is 1.64. The van der Waals surface area contributed by atoms with Gasteiger partial charge in [-0.05, 0) is 19.2 Å². The molecule has 1 aliphatic heterocycles. The maximum absolute atomic E-state index is 12.4. The molecule has 0 spiro atoms. The molecule has 0 saturated carbocycles. The smallest absolute Gasteiger partial charge is 0.246 e. The molecular formula is C11H14Cl2N2O3S. The fourth-order valence-corrected chi connectivity index (χ4v) is 4.07. The van der Waals surface area contributed by atoms with Crippen LogP contribution in [0.2, 0.25) is 10.0 Å². The second kappa shape index (κ2) is 5.46. The van der Waals surface area contributed by atoms with Gasteiger partial charge < -0.3 is 10.0 Å². The number of phenolic OH excluding ortho intramolecular Hbond substituents is 1. The molecule has 1 aliphatic rings. The highest BCUT2D eigenvalue weighted by Gasteiger charge is 2.30. The minimum absolute atomic E-state index is 0.0693. The molecule has 1 aromatic carbocycles. The van der Waals surface area contributed by atoms with Crippen LogP contribution in [0.3, 0.4) is 0 Å². The van der Waals surface area contributed by atoms with Crippen LogP contribution >= 0.6 is 23.2 Å². The molecule has 1 saturated heterocycles. The maximum Gasteiger partial charge on any atom is 0.246 e. The van der Waals surface area contributed by atoms with Crippen LogP contribution in [0.4, 0.5) is 0 Å². The van der Waals surface area contributed by atoms with Gasteiger partial charge in [0, 0.05) is 31.2 Å². The van der Waals surface area contributed by atoms with Crippen LogP contribution < -0.4 is 0 Å². The number of rotatable bonds is 2. The summed E-state index contributed by atoms with van der Waals surface area (Å²) in [4.78, 5) is 1.80. The number of benzene rings is 1. The van der Waals surface area contributed by atoms with Crippen LogP contribution in [0.5, 0.6) is 5.75 Å². The third-order valence-corrected chi connectivity index (χ3v) is 5.49. The second-order valence-electron chi connectivity index (χ2n) is 4.44. The van der Waals surface area contributed by atoms with E-state index in [1.165, 1.54) is 16.4 Å². The number of hydrogen-bond donors (Lipinski definition) is 1. The zero-order chi connectivity index (χ0) is 14.2. The number of phenols is 1. The molecule has 0 amide bonds. The monoisotopic (exact) mass is 324 g/mol. The highest BCUT2D eigenvalue weighted by atomic mass is 35.5. The van der Waals surface area contributed by atoms with Crippen LogP contribution in [-0.4, -0.2) is 56.0 Å². The van der Waals surface area contributed by atoms with Crippen LogP contribution in [-0.2, 0) is 10.0 Å². The molecule has 1 fully saturated rings. The van der Waals surface area contributed by atoms with E-state index in [9.17, 15) is 13.5 Å². The Labute approximate surface area is 122 Å². The molecule has 8 heteroatoms. The number of likely N-dealkylation sites (N-methyl/N-ethyl adjacent to an activating group) is 1. The zero-order valence-corrected chi connectivity index (χ0v) is 12.6. The van der Waals surface area contributed by atoms with Crippen molar-refractivity contribution in [1.29, 1.82) is 0 Å². The first-order chi connectivity index (χ1) is 8.82. The second-order valence-corrected chi connectivity index (χ2v) is 7.19. The summed E-state index contributed by atoms with van der Waals surface area (Å²) >= 11 is 11.6. The van der Waals surface area contributed by atoms with Crippen LogP contribution in [0.1, 0.15) is 0 Å². The van der Waals surface area contributed by atoms with Crippen molar-refractivity contribution in [3.8, 4) is 5.75 Å². The Bertz CT molecular complexity index is 584. The molecule has 0 unspecified atom stereocenters. The number of hydrogen-bond acceptors (Lipinski definition) is 4. The van der Waals surface area contributed by atoms with E-state index in [1.807, 2.05) is 11.9 Å². The summed E-state index contributed by atoms with van der Waals surface area (Å²) in [6, 6.07) is 2.53. The molecule has 2 rings (SSSR count). The molecule has 0 radical (unpaired) electrons. The van der Waals surface area contributed by atoms with Crippen molar-refractivity contribution < 1.29 is 13.5 Å². The number of sulfonamides is 1. The molecule has 1 aromatic rings. The fourth-order valence-electron chi connectivity index (χ4n) is 1.91. The van der Waals surface area contributed by atoms with Crippen molar-refractivity contribution in [3.05, 3.63) is 22.2 Å². The molecule has 0 aliphatic carbocycles. The molecule has 0 aromatic heterocycles. The van der Waals surface area contributed by atoms with Crippen molar-refractivity contribution in [2.24, 2.45) is 0 Å². The summed E-state index contributed by atoms with van der Waals surface area (Å²) in [6.07, 6.45) is 0. The molecule has 0 bridgehead atoms. The Morgan fingerprint density at radius 1 is 1.16 bits per heavy atom. The summed E-state index contributed by atoms with van der Waals surface area (Å²) in [7, 11) is -1.85. The van der Waals surface area contributed by atoms with Crippen molar-refractivity contribution >= 4 is 33.2 Å². The summed E-state index contributed by atoms with van der Waals surface area (Å²) in [6.45, 7) is 2.05. The summed E-state index contributed by atoms with van der Waals surface area (Å²) in [5.74, 6) is -0.454. The van der Waals surface area contributed by atoms with E-state index in [1.54, 1.807) is 0 Å². The number of piperazine rings is 1. The summed E-state index contributed by atoms with van der Waals surface area (Å²) in [5.41, 5.74) is 0. The van der Waals surface area contributed by atoms with E-state index in [-0.39, 0.29) is 14.9 Å². The van der Waals surface area contributed by atoms with E-state index >= 15 is 0 Å². The maximum atomic E-state index is 12.4. The third kappa shape index (κ3) is 2.98. The highest BCUT2D eigenvalue weighted by molar-refractivity contribution is 7.89. The normalized spacial score (nSPS) is 18.7. The highest BCUT2D eigenvalue weighted by Crippen LogP contribution is 2.35. The molecule has 19 heavy (non-hydrogen) atoms. The van der Waals surface area contributed by atoms with E-state index < -0.39 is 15.8 Å². The molecule has 1 heterocycles. The Morgan fingerprint density at radius 2 is 1.74 bits per heavy atom. The van der Waals surface area contributed by atoms with E-state index in [0.717, 1.165) is 0 Å². The standard InChI is InChI=1S/C11H14Cl2N2O3S/c1-14-2-4-15(5-3-14)19(17,18)10-7-8(12)6-9(13)11(10)16/h6-7,16H,2-5H2,1H3. The lowest BCUT2D eigenvalue weighted by Crippen LogP contribution is -2.47. The summed E-state index contributed by atoms with van der Waals surface area (Å²) < 4.78 is 26.2. The predicted molar refractivity (Wildman–Crippen MR) is 74.4 cm³/mol. The van der Waals surface area contributed by atoms with Gasteiger partial charge in [0.1, 0.15) is 4.90 Å². The largest absolute Gasteiger partial charge is 0.505 e. The van der Waals surface area contributed by atoms with Crippen LogP contribution in [0.25, 0.3) is 0 Å². The quantitative estimate of drug-likeness (QED) is 0.898. The summed E-state index contributed by atoms with van der Waals surface area (Å²) in [5, 5.41) is 9.94. The van der Waals surface area contributed by atoms with Crippen molar-refractivity contribution in [1.82, 2.24) is 9.21 Å². The topological polar surface area (TPSA) is 60.9 Å². The average Bonchev–Trinajstić information content (AvgIpc) is 2.34. The van der Waals surface area contributed by atoms with Gasteiger partial charge in [-0.25, -0.2) is 8.42 Å². The molecule has 1 N–H and O–H groups in total. The van der Waals surface area contributed by atoms with Gasteiger partial charge in [0.25, 0.3) is 0 Å². The Hall–Kier alpha value is -0.530. The van der Waals surface area contributed by atoms with Gasteiger partial charge >= 0.3 is 0 Å². The molecular weight excluding hydrogens is 311 g/mol. The van der Waals surface area contributed by atoms with Gasteiger partial charge in [-0.15, -0.1) is 0 Å². The van der Waals surface area contributed by atoms with Crippen molar-refractivity contribution in [2.45, 2.75) is 4.90 Å². The van der Waals surface area contributed by atoms with E-state index in [0.29, 0.717) is 26.2 Å². The first kappa shape index (κ1) is 14.9. The van der Waals surface area contributed by atoms with Crippen molar-refractivity contribution in [3.63, 3.8) is 0 Å². The number of nitrogens with zero attached hydrogens (tertiary/aromatic N) is 2. The van der Waals surface area contributed by atoms with Gasteiger partial charge in [0.2, 0.25) is 10.0 Å². The van der Waals surface area contributed by atoms with Gasteiger partial charge in [0.15, 0.2) is 5.75 Å². The Balaban J connectivity index is 2.40. The number of halogens is 2. The Kier molecular flexibility index (Phi) is 4.27. The van der Waals surface area contributed by atoms with E-state index in [2.05, 4.69) is 0 Å². The van der Waals surface area contributed by atoms with Gasteiger partial charge in [-0.1, -0.05) is 23.2 Å². The van der Waals surface area contributed by atoms with Crippen molar-refractivity contribution in [2.75, 3.05) is 33.2 Å². The van der Waals surface area contributed by atoms with Gasteiger partial charge in [-0.3, -0.25) is 0 Å². The lowest BCUT2D eigenvalue weighted by molar-refractivity contribution is 0.222. The minimum Gasteiger partial charge on any atom is -0.505 e. The SMILES string of the molecule is CN1CCN(S(=O)(=O)c2cc(Cl)cc(Cl)c2O)CC1. The van der Waals surface area contributed by atoms with Crippen LogP contribution in [0, 0.1) is 0 Å². The zero-order valence-electron chi connectivity index (χ0n) is 10.3. The Morgan fingerprint density at radius 3 is 2.32 bits per heavy atom. The first-order valence-electron chi connectivity index (χ1n) is 5.69. The lowest BCUT2D eigenvalue weighted by atomic mass is 10.3. The van der Waals surface area contributed by atoms with E-state index in [4.69, 9.17) is 23.2 Å².